The molecule has 1 rings (SSSR count). The van der Waals surface area contributed by atoms with Crippen molar-refractivity contribution in [2.45, 2.75) is 33.0 Å². The summed E-state index contributed by atoms with van der Waals surface area (Å²) in [7, 11) is 0. The topological polar surface area (TPSA) is 58.6 Å². The summed E-state index contributed by atoms with van der Waals surface area (Å²) in [5.41, 5.74) is -1.46. The summed E-state index contributed by atoms with van der Waals surface area (Å²) in [6.45, 7) is 4.19. The van der Waals surface area contributed by atoms with Crippen LogP contribution in [-0.4, -0.2) is 16.8 Å². The Kier molecular flexibility index (Phi) is 4.24. The fraction of sp³-hybridized carbons (Fsp3) is 0.417. The van der Waals surface area contributed by atoms with E-state index in [0.29, 0.717) is 0 Å². The Morgan fingerprint density at radius 3 is 2.50 bits per heavy atom. The minimum atomic E-state index is -1.01. The van der Waals surface area contributed by atoms with E-state index >= 15 is 0 Å². The number of aliphatic hydroxyl groups is 1. The molecule has 0 atom stereocenters. The van der Waals surface area contributed by atoms with E-state index < -0.39 is 35.5 Å². The zero-order chi connectivity index (χ0) is 13.9. The third-order valence-corrected chi connectivity index (χ3v) is 1.98. The lowest BCUT2D eigenvalue weighted by Gasteiger charge is -2.20. The molecule has 18 heavy (non-hydrogen) atoms. The van der Waals surface area contributed by atoms with Crippen LogP contribution < -0.4 is 5.32 Å². The van der Waals surface area contributed by atoms with Crippen molar-refractivity contribution in [2.75, 3.05) is 5.32 Å². The third kappa shape index (κ3) is 3.66. The number of carbonyl (C=O) groups is 1. The summed E-state index contributed by atoms with van der Waals surface area (Å²) in [5.74, 6) is -1.88. The number of halogens is 2. The molecular formula is C12H15F2NO3. The Morgan fingerprint density at radius 2 is 2.00 bits per heavy atom. The SMILES string of the molecule is CC(C)(C)OC(=O)Nc1ccc(F)c(CO)c1F. The lowest BCUT2D eigenvalue weighted by atomic mass is 10.2. The first-order chi connectivity index (χ1) is 8.24. The molecule has 2 N–H and O–H groups in total. The van der Waals surface area contributed by atoms with Crippen molar-refractivity contribution in [2.24, 2.45) is 0 Å². The Balaban J connectivity index is 2.89. The first-order valence-electron chi connectivity index (χ1n) is 5.32. The van der Waals surface area contributed by atoms with Crippen molar-refractivity contribution in [1.29, 1.82) is 0 Å². The molecule has 1 aromatic rings. The van der Waals surface area contributed by atoms with Gasteiger partial charge in [0, 0.05) is 0 Å². The molecule has 6 heteroatoms. The maximum absolute atomic E-state index is 13.7. The number of ether oxygens (including phenoxy) is 1. The molecule has 0 aliphatic rings. The zero-order valence-electron chi connectivity index (χ0n) is 10.4. The number of aliphatic hydroxyl groups excluding tert-OH is 1. The van der Waals surface area contributed by atoms with Gasteiger partial charge in [0.2, 0.25) is 0 Å². The normalized spacial score (nSPS) is 11.2. The number of benzene rings is 1. The molecule has 0 saturated heterocycles. The number of nitrogens with one attached hydrogen (secondary N) is 1. The summed E-state index contributed by atoms with van der Waals surface area (Å²) < 4.78 is 31.7. The molecule has 100 valence electrons. The van der Waals surface area contributed by atoms with Crippen molar-refractivity contribution < 1.29 is 23.4 Å². The van der Waals surface area contributed by atoms with Crippen LogP contribution in [0.15, 0.2) is 12.1 Å². The predicted molar refractivity (Wildman–Crippen MR) is 62.1 cm³/mol. The van der Waals surface area contributed by atoms with Crippen LogP contribution >= 0.6 is 0 Å². The van der Waals surface area contributed by atoms with Crippen LogP contribution in [0.5, 0.6) is 0 Å². The average molecular weight is 259 g/mol. The molecule has 0 unspecified atom stereocenters. The van der Waals surface area contributed by atoms with Crippen molar-refractivity contribution in [3.8, 4) is 0 Å². The van der Waals surface area contributed by atoms with Gasteiger partial charge in [-0.15, -0.1) is 0 Å². The standard InChI is InChI=1S/C12H15F2NO3/c1-12(2,3)18-11(17)15-9-5-4-8(13)7(6-16)10(9)14/h4-5,16H,6H2,1-3H3,(H,15,17). The lowest BCUT2D eigenvalue weighted by Crippen LogP contribution is -2.27. The molecule has 0 fully saturated rings. The molecule has 0 radical (unpaired) electrons. The van der Waals surface area contributed by atoms with Crippen LogP contribution in [0.4, 0.5) is 19.3 Å². The highest BCUT2D eigenvalue weighted by molar-refractivity contribution is 5.85. The van der Waals surface area contributed by atoms with Crippen LogP contribution in [0.25, 0.3) is 0 Å². The van der Waals surface area contributed by atoms with Gasteiger partial charge in [-0.25, -0.2) is 13.6 Å². The number of hydrogen-bond donors (Lipinski definition) is 2. The second kappa shape index (κ2) is 5.30. The monoisotopic (exact) mass is 259 g/mol. The van der Waals surface area contributed by atoms with Gasteiger partial charge in [-0.05, 0) is 32.9 Å². The predicted octanol–water partition coefficient (Wildman–Crippen LogP) is 2.80. The van der Waals surface area contributed by atoms with Crippen molar-refractivity contribution in [3.05, 3.63) is 29.3 Å². The molecule has 4 nitrogen and oxygen atoms in total. The number of rotatable bonds is 2. The Morgan fingerprint density at radius 1 is 1.39 bits per heavy atom. The third-order valence-electron chi connectivity index (χ3n) is 1.98. The maximum atomic E-state index is 13.7. The van der Waals surface area contributed by atoms with Gasteiger partial charge in [-0.2, -0.15) is 0 Å². The fourth-order valence-electron chi connectivity index (χ4n) is 1.25. The molecule has 0 bridgehead atoms. The Labute approximate surface area is 104 Å². The average Bonchev–Trinajstić information content (AvgIpc) is 2.20. The van der Waals surface area contributed by atoms with Gasteiger partial charge in [0.25, 0.3) is 0 Å². The zero-order valence-corrected chi connectivity index (χ0v) is 10.4. The molecule has 0 aliphatic heterocycles. The summed E-state index contributed by atoms with van der Waals surface area (Å²) in [6, 6.07) is 2.02. The molecule has 0 spiro atoms. The van der Waals surface area contributed by atoms with E-state index in [9.17, 15) is 13.6 Å². The first kappa shape index (κ1) is 14.4. The Hall–Kier alpha value is -1.69. The largest absolute Gasteiger partial charge is 0.444 e. The van der Waals surface area contributed by atoms with Gasteiger partial charge >= 0.3 is 6.09 Å². The number of hydrogen-bond acceptors (Lipinski definition) is 3. The molecule has 0 aromatic heterocycles. The smallest absolute Gasteiger partial charge is 0.412 e. The summed E-state index contributed by atoms with van der Waals surface area (Å²) in [5, 5.41) is 11.0. The first-order valence-corrected chi connectivity index (χ1v) is 5.32. The van der Waals surface area contributed by atoms with Crippen LogP contribution in [0.1, 0.15) is 26.3 Å². The van der Waals surface area contributed by atoms with E-state index in [-0.39, 0.29) is 5.69 Å². The van der Waals surface area contributed by atoms with Crippen molar-refractivity contribution in [1.82, 2.24) is 0 Å². The van der Waals surface area contributed by atoms with Crippen LogP contribution in [0.2, 0.25) is 0 Å². The molecular weight excluding hydrogens is 244 g/mol. The summed E-state index contributed by atoms with van der Waals surface area (Å²) in [4.78, 5) is 11.4. The molecule has 1 amide bonds. The Bertz CT molecular complexity index is 455. The summed E-state index contributed by atoms with van der Waals surface area (Å²) in [6.07, 6.45) is -0.850. The van der Waals surface area contributed by atoms with Crippen LogP contribution in [0, 0.1) is 11.6 Å². The maximum Gasteiger partial charge on any atom is 0.412 e. The van der Waals surface area contributed by atoms with Gasteiger partial charge in [0.1, 0.15) is 11.4 Å². The van der Waals surface area contributed by atoms with E-state index in [4.69, 9.17) is 9.84 Å². The van der Waals surface area contributed by atoms with Crippen molar-refractivity contribution >= 4 is 11.8 Å². The van der Waals surface area contributed by atoms with E-state index in [1.54, 1.807) is 20.8 Å². The second-order valence-corrected chi connectivity index (χ2v) is 4.67. The van der Waals surface area contributed by atoms with Gasteiger partial charge in [0.15, 0.2) is 5.82 Å². The van der Waals surface area contributed by atoms with E-state index in [1.807, 2.05) is 0 Å². The highest BCUT2D eigenvalue weighted by atomic mass is 19.1. The van der Waals surface area contributed by atoms with Crippen molar-refractivity contribution in [3.63, 3.8) is 0 Å². The summed E-state index contributed by atoms with van der Waals surface area (Å²) >= 11 is 0. The van der Waals surface area contributed by atoms with Gasteiger partial charge in [-0.3, -0.25) is 5.32 Å². The number of amides is 1. The lowest BCUT2D eigenvalue weighted by molar-refractivity contribution is 0.0635. The molecule has 0 aliphatic carbocycles. The van der Waals surface area contributed by atoms with Gasteiger partial charge in [0.05, 0.1) is 17.9 Å². The van der Waals surface area contributed by atoms with E-state index in [0.717, 1.165) is 12.1 Å². The number of carbonyl (C=O) groups excluding carboxylic acids is 1. The molecule has 0 heterocycles. The minimum absolute atomic E-state index is 0.241. The highest BCUT2D eigenvalue weighted by Crippen LogP contribution is 2.22. The van der Waals surface area contributed by atoms with Crippen LogP contribution in [-0.2, 0) is 11.3 Å². The van der Waals surface area contributed by atoms with Crippen LogP contribution in [0.3, 0.4) is 0 Å². The minimum Gasteiger partial charge on any atom is -0.444 e. The fourth-order valence-corrected chi connectivity index (χ4v) is 1.25. The van der Waals surface area contributed by atoms with Gasteiger partial charge in [-0.1, -0.05) is 0 Å². The van der Waals surface area contributed by atoms with Gasteiger partial charge < -0.3 is 9.84 Å². The molecule has 1 aromatic carbocycles. The number of anilines is 1. The second-order valence-electron chi connectivity index (χ2n) is 4.67. The quantitative estimate of drug-likeness (QED) is 0.858. The molecule has 0 saturated carbocycles. The van der Waals surface area contributed by atoms with E-state index in [2.05, 4.69) is 5.32 Å². The highest BCUT2D eigenvalue weighted by Gasteiger charge is 2.19. The van der Waals surface area contributed by atoms with E-state index in [1.165, 1.54) is 0 Å².